The predicted molar refractivity (Wildman–Crippen MR) is 76.6 cm³/mol. The molecule has 0 fully saturated rings. The summed E-state index contributed by atoms with van der Waals surface area (Å²) < 4.78 is 7.11. The van der Waals surface area contributed by atoms with Crippen molar-refractivity contribution in [1.82, 2.24) is 9.55 Å². The third-order valence-electron chi connectivity index (χ3n) is 3.04. The van der Waals surface area contributed by atoms with Gasteiger partial charge in [0.15, 0.2) is 0 Å². The summed E-state index contributed by atoms with van der Waals surface area (Å²) in [7, 11) is 0. The average molecular weight is 283 g/mol. The molecule has 0 aliphatic carbocycles. The topological polar surface area (TPSA) is 80.3 Å². The van der Waals surface area contributed by atoms with E-state index in [1.165, 1.54) is 12.3 Å². The lowest BCUT2D eigenvalue weighted by atomic mass is 10.2. The van der Waals surface area contributed by atoms with E-state index >= 15 is 0 Å². The number of aromatic carboxylic acids is 1. The van der Waals surface area contributed by atoms with Crippen LogP contribution in [0.25, 0.3) is 5.69 Å². The minimum absolute atomic E-state index is 0.148. The molecule has 0 amide bonds. The van der Waals surface area contributed by atoms with Gasteiger partial charge in [0, 0.05) is 12.4 Å². The fraction of sp³-hybridized carbons (Fsp3) is 0.0667. The highest BCUT2D eigenvalue weighted by molar-refractivity contribution is 5.87. The van der Waals surface area contributed by atoms with Crippen molar-refractivity contribution in [2.45, 2.75) is 6.54 Å². The van der Waals surface area contributed by atoms with E-state index in [0.29, 0.717) is 12.3 Å². The van der Waals surface area contributed by atoms with Crippen molar-refractivity contribution >= 4 is 11.7 Å². The molecule has 0 saturated heterocycles. The van der Waals surface area contributed by atoms with Crippen LogP contribution in [0.15, 0.2) is 59.7 Å². The number of carboxylic acids is 1. The third-order valence-corrected chi connectivity index (χ3v) is 3.04. The molecule has 106 valence electrons. The van der Waals surface area contributed by atoms with Gasteiger partial charge in [-0.15, -0.1) is 0 Å². The van der Waals surface area contributed by atoms with Crippen molar-refractivity contribution in [2.24, 2.45) is 0 Å². The van der Waals surface area contributed by atoms with Crippen LogP contribution < -0.4 is 5.32 Å². The first-order chi connectivity index (χ1) is 10.2. The number of furan rings is 1. The van der Waals surface area contributed by atoms with Crippen molar-refractivity contribution in [3.05, 3.63) is 66.6 Å². The van der Waals surface area contributed by atoms with E-state index in [1.807, 2.05) is 35.0 Å². The second-order valence-electron chi connectivity index (χ2n) is 4.45. The Hall–Kier alpha value is -3.02. The molecule has 0 spiro atoms. The first-order valence-corrected chi connectivity index (χ1v) is 6.36. The lowest BCUT2D eigenvalue weighted by Gasteiger charge is -2.11. The Balaban J connectivity index is 1.77. The van der Waals surface area contributed by atoms with Crippen molar-refractivity contribution in [1.29, 1.82) is 0 Å². The standard InChI is InChI=1S/C15H13N3O3/c19-15(20)11-7-12(21-9-11)8-17-13-3-1-2-4-14(13)18-6-5-16-10-18/h1-7,9-10,17H,8H2,(H,19,20). The van der Waals surface area contributed by atoms with Crippen LogP contribution in [0.2, 0.25) is 0 Å². The average Bonchev–Trinajstić information content (AvgIpc) is 3.17. The normalized spacial score (nSPS) is 10.5. The second kappa shape index (κ2) is 5.54. The van der Waals surface area contributed by atoms with Gasteiger partial charge in [-0.2, -0.15) is 0 Å². The van der Waals surface area contributed by atoms with E-state index in [0.717, 1.165) is 11.4 Å². The van der Waals surface area contributed by atoms with Crippen molar-refractivity contribution in [3.8, 4) is 5.69 Å². The SMILES string of the molecule is O=C(O)c1coc(CNc2ccccc2-n2ccnc2)c1. The Labute approximate surface area is 120 Å². The third kappa shape index (κ3) is 2.79. The summed E-state index contributed by atoms with van der Waals surface area (Å²) in [5.74, 6) is -0.434. The highest BCUT2D eigenvalue weighted by atomic mass is 16.4. The molecule has 2 aromatic heterocycles. The molecule has 3 aromatic rings. The van der Waals surface area contributed by atoms with Crippen LogP contribution in [0.4, 0.5) is 5.69 Å². The number of nitrogens with one attached hydrogen (secondary N) is 1. The molecule has 0 atom stereocenters. The van der Waals surface area contributed by atoms with Gasteiger partial charge in [-0.05, 0) is 18.2 Å². The van der Waals surface area contributed by atoms with Crippen LogP contribution in [0, 0.1) is 0 Å². The number of hydrogen-bond donors (Lipinski definition) is 2. The van der Waals surface area contributed by atoms with Crippen LogP contribution in [0.5, 0.6) is 0 Å². The summed E-state index contributed by atoms with van der Waals surface area (Å²) in [5, 5.41) is 12.1. The zero-order valence-electron chi connectivity index (χ0n) is 11.1. The van der Waals surface area contributed by atoms with E-state index < -0.39 is 5.97 Å². The largest absolute Gasteiger partial charge is 0.478 e. The van der Waals surface area contributed by atoms with Gasteiger partial charge in [0.1, 0.15) is 12.0 Å². The summed E-state index contributed by atoms with van der Waals surface area (Å²) in [5.41, 5.74) is 2.01. The molecule has 0 aliphatic rings. The Morgan fingerprint density at radius 3 is 2.95 bits per heavy atom. The highest BCUT2D eigenvalue weighted by Gasteiger charge is 2.09. The van der Waals surface area contributed by atoms with E-state index in [2.05, 4.69) is 10.3 Å². The van der Waals surface area contributed by atoms with Gasteiger partial charge in [0.25, 0.3) is 0 Å². The maximum absolute atomic E-state index is 10.8. The van der Waals surface area contributed by atoms with Gasteiger partial charge in [0.2, 0.25) is 0 Å². The highest BCUT2D eigenvalue weighted by Crippen LogP contribution is 2.20. The number of carboxylic acid groups (broad SMARTS) is 1. The maximum atomic E-state index is 10.8. The van der Waals surface area contributed by atoms with Crippen molar-refractivity contribution < 1.29 is 14.3 Å². The Morgan fingerprint density at radius 1 is 1.38 bits per heavy atom. The molecule has 2 N–H and O–H groups in total. The van der Waals surface area contributed by atoms with Crippen LogP contribution in [0.3, 0.4) is 0 Å². The zero-order chi connectivity index (χ0) is 14.7. The quantitative estimate of drug-likeness (QED) is 0.752. The number of imidazole rings is 1. The lowest BCUT2D eigenvalue weighted by Crippen LogP contribution is -2.03. The molecular weight excluding hydrogens is 270 g/mol. The number of carbonyl (C=O) groups is 1. The molecule has 0 unspecified atom stereocenters. The summed E-state index contributed by atoms with van der Waals surface area (Å²) in [6, 6.07) is 9.28. The minimum atomic E-state index is -0.996. The molecule has 0 aliphatic heterocycles. The van der Waals surface area contributed by atoms with Crippen LogP contribution in [0.1, 0.15) is 16.1 Å². The van der Waals surface area contributed by atoms with E-state index in [4.69, 9.17) is 9.52 Å². The van der Waals surface area contributed by atoms with Gasteiger partial charge in [-0.3, -0.25) is 0 Å². The van der Waals surface area contributed by atoms with Crippen molar-refractivity contribution in [2.75, 3.05) is 5.32 Å². The Morgan fingerprint density at radius 2 is 2.24 bits per heavy atom. The monoisotopic (exact) mass is 283 g/mol. The lowest BCUT2D eigenvalue weighted by molar-refractivity contribution is 0.0696. The predicted octanol–water partition coefficient (Wildman–Crippen LogP) is 2.78. The maximum Gasteiger partial charge on any atom is 0.338 e. The summed E-state index contributed by atoms with van der Waals surface area (Å²) >= 11 is 0. The minimum Gasteiger partial charge on any atom is -0.478 e. The molecule has 0 radical (unpaired) electrons. The molecule has 3 rings (SSSR count). The van der Waals surface area contributed by atoms with Crippen LogP contribution in [-0.2, 0) is 6.54 Å². The number of aromatic nitrogens is 2. The first kappa shape index (κ1) is 13.0. The van der Waals surface area contributed by atoms with Gasteiger partial charge < -0.3 is 19.4 Å². The number of rotatable bonds is 5. The van der Waals surface area contributed by atoms with Gasteiger partial charge in [-0.25, -0.2) is 9.78 Å². The first-order valence-electron chi connectivity index (χ1n) is 6.36. The van der Waals surface area contributed by atoms with E-state index in [1.54, 1.807) is 12.5 Å². The summed E-state index contributed by atoms with van der Waals surface area (Å²) in [6.45, 7) is 0.402. The molecule has 21 heavy (non-hydrogen) atoms. The molecular formula is C15H13N3O3. The van der Waals surface area contributed by atoms with Gasteiger partial charge in [-0.1, -0.05) is 12.1 Å². The summed E-state index contributed by atoms with van der Waals surface area (Å²) in [6.07, 6.45) is 6.52. The fourth-order valence-electron chi connectivity index (χ4n) is 2.02. The fourth-order valence-corrected chi connectivity index (χ4v) is 2.02. The van der Waals surface area contributed by atoms with E-state index in [-0.39, 0.29) is 5.56 Å². The second-order valence-corrected chi connectivity index (χ2v) is 4.45. The number of para-hydroxylation sites is 2. The van der Waals surface area contributed by atoms with Gasteiger partial charge >= 0.3 is 5.97 Å². The Kier molecular flexibility index (Phi) is 3.42. The number of hydrogen-bond acceptors (Lipinski definition) is 4. The molecule has 6 nitrogen and oxygen atoms in total. The summed E-state index contributed by atoms with van der Waals surface area (Å²) in [4.78, 5) is 14.8. The van der Waals surface area contributed by atoms with Crippen LogP contribution in [-0.4, -0.2) is 20.6 Å². The smallest absolute Gasteiger partial charge is 0.338 e. The molecule has 6 heteroatoms. The Bertz CT molecular complexity index is 747. The van der Waals surface area contributed by atoms with Gasteiger partial charge in [0.05, 0.1) is 29.8 Å². The van der Waals surface area contributed by atoms with Crippen molar-refractivity contribution in [3.63, 3.8) is 0 Å². The molecule has 0 bridgehead atoms. The number of anilines is 1. The van der Waals surface area contributed by atoms with E-state index in [9.17, 15) is 4.79 Å². The number of nitrogens with zero attached hydrogens (tertiary/aromatic N) is 2. The zero-order valence-corrected chi connectivity index (χ0v) is 11.1. The molecule has 0 saturated carbocycles. The van der Waals surface area contributed by atoms with Crippen LogP contribution >= 0.6 is 0 Å². The molecule has 2 heterocycles. The number of benzene rings is 1. The molecule has 1 aromatic carbocycles.